The predicted octanol–water partition coefficient (Wildman–Crippen LogP) is 3.79. The Morgan fingerprint density at radius 1 is 1.17 bits per heavy atom. The van der Waals surface area contributed by atoms with Crippen molar-refractivity contribution in [3.63, 3.8) is 0 Å². The van der Waals surface area contributed by atoms with Crippen molar-refractivity contribution in [2.45, 2.75) is 19.4 Å². The van der Waals surface area contributed by atoms with Crippen LogP contribution in [0.5, 0.6) is 0 Å². The molecule has 24 heavy (non-hydrogen) atoms. The van der Waals surface area contributed by atoms with Crippen molar-refractivity contribution in [2.24, 2.45) is 0 Å². The van der Waals surface area contributed by atoms with Crippen LogP contribution in [0.25, 0.3) is 11.1 Å². The highest BCUT2D eigenvalue weighted by atomic mass is 19.1. The average molecular weight is 328 g/mol. The number of alkyl halides is 1. The van der Waals surface area contributed by atoms with Crippen LogP contribution in [0.3, 0.4) is 0 Å². The number of nitrogens with zero attached hydrogens (tertiary/aromatic N) is 3. The van der Waals surface area contributed by atoms with Gasteiger partial charge >= 0.3 is 0 Å². The molecule has 0 bridgehead atoms. The first-order chi connectivity index (χ1) is 11.6. The molecule has 1 atom stereocenters. The topological polar surface area (TPSA) is 56.7 Å². The number of aryl methyl sites for hydroxylation is 1. The molecule has 6 heteroatoms. The van der Waals surface area contributed by atoms with Crippen molar-refractivity contribution in [3.8, 4) is 11.1 Å². The number of rotatable bonds is 5. The van der Waals surface area contributed by atoms with Gasteiger partial charge in [0.2, 0.25) is 5.95 Å². The molecule has 4 nitrogen and oxygen atoms in total. The van der Waals surface area contributed by atoms with Gasteiger partial charge in [-0.25, -0.2) is 13.5 Å². The fourth-order valence-electron chi connectivity index (χ4n) is 2.60. The van der Waals surface area contributed by atoms with E-state index >= 15 is 0 Å². The summed E-state index contributed by atoms with van der Waals surface area (Å²) < 4.78 is 28.3. The van der Waals surface area contributed by atoms with Crippen LogP contribution in [0.15, 0.2) is 48.5 Å². The number of benzene rings is 2. The second kappa shape index (κ2) is 6.78. The standard InChI is InChI=1S/C18H18F2N4/c1-12(17-22-18(21)24(23-17)10-9-19)14-7-8-15(16(20)11-14)13-5-3-2-4-6-13/h2-8,11-12H,9-10H2,1H3,(H2,21,22,23). The van der Waals surface area contributed by atoms with Crippen LogP contribution in [0.2, 0.25) is 0 Å². The monoisotopic (exact) mass is 328 g/mol. The summed E-state index contributed by atoms with van der Waals surface area (Å²) in [4.78, 5) is 4.16. The molecule has 124 valence electrons. The van der Waals surface area contributed by atoms with Gasteiger partial charge in [0.15, 0.2) is 5.82 Å². The fourth-order valence-corrected chi connectivity index (χ4v) is 2.60. The number of anilines is 1. The van der Waals surface area contributed by atoms with Crippen LogP contribution >= 0.6 is 0 Å². The van der Waals surface area contributed by atoms with E-state index in [4.69, 9.17) is 5.73 Å². The van der Waals surface area contributed by atoms with Crippen LogP contribution in [0.4, 0.5) is 14.7 Å². The Labute approximate surface area is 139 Å². The summed E-state index contributed by atoms with van der Waals surface area (Å²) in [5, 5.41) is 4.20. The Kier molecular flexibility index (Phi) is 4.55. The first kappa shape index (κ1) is 16.1. The molecule has 0 aliphatic heterocycles. The van der Waals surface area contributed by atoms with Crippen LogP contribution in [0, 0.1) is 5.82 Å². The maximum absolute atomic E-state index is 14.5. The summed E-state index contributed by atoms with van der Waals surface area (Å²) in [5.41, 5.74) is 7.83. The van der Waals surface area contributed by atoms with Gasteiger partial charge < -0.3 is 5.73 Å². The average Bonchev–Trinajstić information content (AvgIpc) is 2.96. The van der Waals surface area contributed by atoms with Gasteiger partial charge in [0, 0.05) is 11.5 Å². The number of hydrogen-bond acceptors (Lipinski definition) is 3. The molecule has 1 heterocycles. The van der Waals surface area contributed by atoms with E-state index in [-0.39, 0.29) is 24.2 Å². The molecule has 0 aliphatic carbocycles. The first-order valence-electron chi connectivity index (χ1n) is 7.71. The van der Waals surface area contributed by atoms with E-state index < -0.39 is 6.67 Å². The van der Waals surface area contributed by atoms with Crippen molar-refractivity contribution in [2.75, 3.05) is 12.4 Å². The third-order valence-corrected chi connectivity index (χ3v) is 3.98. The van der Waals surface area contributed by atoms with E-state index in [1.807, 2.05) is 43.3 Å². The van der Waals surface area contributed by atoms with Gasteiger partial charge in [-0.2, -0.15) is 10.1 Å². The third kappa shape index (κ3) is 3.13. The number of hydrogen-bond donors (Lipinski definition) is 1. The van der Waals surface area contributed by atoms with Gasteiger partial charge in [-0.1, -0.05) is 49.4 Å². The number of nitrogens with two attached hydrogens (primary N) is 1. The smallest absolute Gasteiger partial charge is 0.218 e. The molecule has 0 radical (unpaired) electrons. The van der Waals surface area contributed by atoms with Crippen molar-refractivity contribution in [1.29, 1.82) is 0 Å². The molecule has 0 amide bonds. The summed E-state index contributed by atoms with van der Waals surface area (Å²) in [6, 6.07) is 14.4. The zero-order valence-corrected chi connectivity index (χ0v) is 13.3. The van der Waals surface area contributed by atoms with Crippen LogP contribution in [-0.4, -0.2) is 21.4 Å². The van der Waals surface area contributed by atoms with Gasteiger partial charge in [-0.15, -0.1) is 0 Å². The molecule has 0 saturated carbocycles. The highest BCUT2D eigenvalue weighted by Crippen LogP contribution is 2.28. The number of halogens is 2. The lowest BCUT2D eigenvalue weighted by molar-refractivity contribution is 0.428. The Hall–Kier alpha value is -2.76. The molecule has 2 aromatic carbocycles. The zero-order valence-electron chi connectivity index (χ0n) is 13.3. The second-order valence-corrected chi connectivity index (χ2v) is 5.57. The molecule has 0 spiro atoms. The van der Waals surface area contributed by atoms with E-state index in [0.717, 1.165) is 11.1 Å². The molecule has 3 aromatic rings. The molecule has 1 unspecified atom stereocenters. The molecule has 3 rings (SSSR count). The SMILES string of the molecule is CC(c1ccc(-c2ccccc2)c(F)c1)c1nc(N)n(CCF)n1. The normalized spacial score (nSPS) is 12.3. The number of aromatic nitrogens is 3. The lowest BCUT2D eigenvalue weighted by Crippen LogP contribution is -2.06. The maximum atomic E-state index is 14.5. The first-order valence-corrected chi connectivity index (χ1v) is 7.71. The summed E-state index contributed by atoms with van der Waals surface area (Å²) in [6.07, 6.45) is 0. The fraction of sp³-hybridized carbons (Fsp3) is 0.222. The minimum absolute atomic E-state index is 0.0624. The molecule has 0 fully saturated rings. The Morgan fingerprint density at radius 2 is 1.92 bits per heavy atom. The highest BCUT2D eigenvalue weighted by molar-refractivity contribution is 5.64. The molecular weight excluding hydrogens is 310 g/mol. The Balaban J connectivity index is 1.90. The zero-order chi connectivity index (χ0) is 17.1. The molecular formula is C18H18F2N4. The van der Waals surface area contributed by atoms with E-state index in [9.17, 15) is 8.78 Å². The molecule has 2 N–H and O–H groups in total. The van der Waals surface area contributed by atoms with E-state index in [1.54, 1.807) is 6.07 Å². The van der Waals surface area contributed by atoms with Crippen molar-refractivity contribution >= 4 is 5.95 Å². The minimum Gasteiger partial charge on any atom is -0.368 e. The largest absolute Gasteiger partial charge is 0.368 e. The van der Waals surface area contributed by atoms with Crippen LogP contribution < -0.4 is 5.73 Å². The van der Waals surface area contributed by atoms with Crippen LogP contribution in [-0.2, 0) is 6.54 Å². The summed E-state index contributed by atoms with van der Waals surface area (Å²) in [5.74, 6) is 0.0675. The second-order valence-electron chi connectivity index (χ2n) is 5.57. The molecule has 1 aromatic heterocycles. The third-order valence-electron chi connectivity index (χ3n) is 3.98. The Morgan fingerprint density at radius 3 is 2.58 bits per heavy atom. The summed E-state index contributed by atoms with van der Waals surface area (Å²) in [7, 11) is 0. The number of nitrogen functional groups attached to an aromatic ring is 1. The van der Waals surface area contributed by atoms with E-state index in [2.05, 4.69) is 10.1 Å². The van der Waals surface area contributed by atoms with Crippen LogP contribution in [0.1, 0.15) is 24.2 Å². The van der Waals surface area contributed by atoms with Gasteiger partial charge in [0.05, 0.1) is 6.54 Å². The highest BCUT2D eigenvalue weighted by Gasteiger charge is 2.17. The summed E-state index contributed by atoms with van der Waals surface area (Å²) >= 11 is 0. The summed E-state index contributed by atoms with van der Waals surface area (Å²) in [6.45, 7) is 1.36. The van der Waals surface area contributed by atoms with Crippen molar-refractivity contribution < 1.29 is 8.78 Å². The van der Waals surface area contributed by atoms with Gasteiger partial charge in [-0.05, 0) is 17.2 Å². The van der Waals surface area contributed by atoms with Gasteiger partial charge in [-0.3, -0.25) is 0 Å². The lowest BCUT2D eigenvalue weighted by Gasteiger charge is -2.10. The maximum Gasteiger partial charge on any atom is 0.218 e. The van der Waals surface area contributed by atoms with Crippen molar-refractivity contribution in [3.05, 3.63) is 65.7 Å². The van der Waals surface area contributed by atoms with E-state index in [0.29, 0.717) is 11.4 Å². The van der Waals surface area contributed by atoms with Gasteiger partial charge in [0.25, 0.3) is 0 Å². The van der Waals surface area contributed by atoms with Gasteiger partial charge in [0.1, 0.15) is 12.5 Å². The molecule has 0 saturated heterocycles. The Bertz CT molecular complexity index is 830. The predicted molar refractivity (Wildman–Crippen MR) is 89.8 cm³/mol. The molecule has 0 aliphatic rings. The van der Waals surface area contributed by atoms with E-state index in [1.165, 1.54) is 10.7 Å². The van der Waals surface area contributed by atoms with Crippen molar-refractivity contribution in [1.82, 2.24) is 14.8 Å². The quantitative estimate of drug-likeness (QED) is 0.775. The minimum atomic E-state index is -0.568. The lowest BCUT2D eigenvalue weighted by atomic mass is 9.96.